The molecule has 0 atom stereocenters. The first kappa shape index (κ1) is 14.5. The number of hydrogen-bond acceptors (Lipinski definition) is 2. The van der Waals surface area contributed by atoms with Crippen LogP contribution in [0.25, 0.3) is 0 Å². The summed E-state index contributed by atoms with van der Waals surface area (Å²) in [7, 11) is 0. The summed E-state index contributed by atoms with van der Waals surface area (Å²) in [6.45, 7) is 0.0761. The van der Waals surface area contributed by atoms with Gasteiger partial charge >= 0.3 is 0 Å². The molecule has 2 aromatic carbocycles. The van der Waals surface area contributed by atoms with Gasteiger partial charge in [-0.05, 0) is 23.3 Å². The highest BCUT2D eigenvalue weighted by Gasteiger charge is 2.15. The normalized spacial score (nSPS) is 10.3. The molecule has 20 heavy (non-hydrogen) atoms. The van der Waals surface area contributed by atoms with E-state index in [0.29, 0.717) is 5.56 Å². The number of carbonyl (C=O) groups excluding carboxylic acids is 1. The van der Waals surface area contributed by atoms with Gasteiger partial charge in [0.15, 0.2) is 0 Å². The molecule has 0 bridgehead atoms. The van der Waals surface area contributed by atoms with Crippen molar-refractivity contribution in [2.24, 2.45) is 0 Å². The van der Waals surface area contributed by atoms with Gasteiger partial charge in [0.2, 0.25) is 0 Å². The number of aliphatic hydroxyl groups excluding tert-OH is 1. The molecule has 0 saturated heterocycles. The summed E-state index contributed by atoms with van der Waals surface area (Å²) < 4.78 is 13.6. The first-order valence-electron chi connectivity index (χ1n) is 6.03. The summed E-state index contributed by atoms with van der Waals surface area (Å²) in [5, 5.41) is 11.9. The molecule has 0 aliphatic carbocycles. The topological polar surface area (TPSA) is 49.3 Å². The Hall–Kier alpha value is -1.91. The number of halogens is 2. The Kier molecular flexibility index (Phi) is 4.71. The summed E-state index contributed by atoms with van der Waals surface area (Å²) in [6.07, 6.45) is 0. The Labute approximate surface area is 121 Å². The highest BCUT2D eigenvalue weighted by atomic mass is 35.5. The smallest absolute Gasteiger partial charge is 0.256 e. The van der Waals surface area contributed by atoms with Crippen LogP contribution in [0, 0.1) is 5.82 Å². The number of aliphatic hydroxyl groups is 1. The second-order valence-electron chi connectivity index (χ2n) is 4.21. The Balaban J connectivity index is 2.13. The number of carbonyl (C=O) groups is 1. The number of hydrogen-bond donors (Lipinski definition) is 2. The molecule has 0 spiro atoms. The van der Waals surface area contributed by atoms with Gasteiger partial charge in [0.1, 0.15) is 5.82 Å². The molecule has 104 valence electrons. The van der Waals surface area contributed by atoms with E-state index in [0.717, 1.165) is 5.56 Å². The van der Waals surface area contributed by atoms with Crippen LogP contribution in [0.2, 0.25) is 5.02 Å². The van der Waals surface area contributed by atoms with Gasteiger partial charge in [-0.15, -0.1) is 0 Å². The summed E-state index contributed by atoms with van der Waals surface area (Å²) in [6, 6.07) is 11.2. The number of amides is 1. The molecular formula is C15H13ClFNO2. The van der Waals surface area contributed by atoms with Gasteiger partial charge in [-0.3, -0.25) is 4.79 Å². The predicted octanol–water partition coefficient (Wildman–Crippen LogP) is 2.90. The minimum atomic E-state index is -0.662. The van der Waals surface area contributed by atoms with Crippen molar-refractivity contribution in [3.05, 3.63) is 70.0 Å². The lowest BCUT2D eigenvalue weighted by molar-refractivity contribution is 0.0946. The van der Waals surface area contributed by atoms with Crippen molar-refractivity contribution >= 4 is 17.5 Å². The first-order valence-corrected chi connectivity index (χ1v) is 6.41. The number of benzene rings is 2. The van der Waals surface area contributed by atoms with Crippen molar-refractivity contribution in [3.8, 4) is 0 Å². The van der Waals surface area contributed by atoms with Crippen LogP contribution in [0.4, 0.5) is 4.39 Å². The van der Waals surface area contributed by atoms with Gasteiger partial charge in [-0.1, -0.05) is 41.9 Å². The molecule has 2 aromatic rings. The monoisotopic (exact) mass is 293 g/mol. The molecule has 0 radical (unpaired) electrons. The average molecular weight is 294 g/mol. The maximum atomic E-state index is 13.6. The van der Waals surface area contributed by atoms with Crippen molar-refractivity contribution < 1.29 is 14.3 Å². The van der Waals surface area contributed by atoms with Crippen molar-refractivity contribution in [3.63, 3.8) is 0 Å². The fourth-order valence-corrected chi connectivity index (χ4v) is 2.11. The van der Waals surface area contributed by atoms with Crippen molar-refractivity contribution in [1.29, 1.82) is 0 Å². The molecule has 3 nitrogen and oxygen atoms in total. The molecule has 0 heterocycles. The number of nitrogens with one attached hydrogen (secondary N) is 1. The van der Waals surface area contributed by atoms with Crippen molar-refractivity contribution in [2.75, 3.05) is 0 Å². The van der Waals surface area contributed by atoms with Gasteiger partial charge in [-0.25, -0.2) is 4.39 Å². The lowest BCUT2D eigenvalue weighted by atomic mass is 10.1. The minimum Gasteiger partial charge on any atom is -0.392 e. The molecule has 0 fully saturated rings. The Morgan fingerprint density at radius 2 is 1.85 bits per heavy atom. The van der Waals surface area contributed by atoms with Gasteiger partial charge in [-0.2, -0.15) is 0 Å². The van der Waals surface area contributed by atoms with Gasteiger partial charge < -0.3 is 10.4 Å². The molecular weight excluding hydrogens is 281 g/mol. The lowest BCUT2D eigenvalue weighted by Gasteiger charge is -2.10. The predicted molar refractivity (Wildman–Crippen MR) is 74.9 cm³/mol. The molecule has 0 unspecified atom stereocenters. The van der Waals surface area contributed by atoms with Crippen LogP contribution in [0.3, 0.4) is 0 Å². The third-order valence-electron chi connectivity index (χ3n) is 2.92. The zero-order valence-corrected chi connectivity index (χ0v) is 11.3. The van der Waals surface area contributed by atoms with Gasteiger partial charge in [0, 0.05) is 6.54 Å². The molecule has 2 N–H and O–H groups in total. The summed E-state index contributed by atoms with van der Waals surface area (Å²) >= 11 is 5.82. The molecule has 2 rings (SSSR count). The lowest BCUT2D eigenvalue weighted by Crippen LogP contribution is -2.24. The van der Waals surface area contributed by atoms with E-state index in [1.165, 1.54) is 18.2 Å². The van der Waals surface area contributed by atoms with Crippen LogP contribution in [-0.2, 0) is 13.2 Å². The van der Waals surface area contributed by atoms with Crippen LogP contribution < -0.4 is 5.32 Å². The zero-order valence-electron chi connectivity index (χ0n) is 10.6. The van der Waals surface area contributed by atoms with Crippen LogP contribution in [-0.4, -0.2) is 11.0 Å². The van der Waals surface area contributed by atoms with E-state index in [2.05, 4.69) is 5.32 Å². The highest BCUT2D eigenvalue weighted by Crippen LogP contribution is 2.19. The molecule has 0 aromatic heterocycles. The molecule has 0 aliphatic rings. The maximum absolute atomic E-state index is 13.6. The second-order valence-corrected chi connectivity index (χ2v) is 4.61. The van der Waals surface area contributed by atoms with E-state index in [1.54, 1.807) is 24.3 Å². The van der Waals surface area contributed by atoms with E-state index < -0.39 is 11.7 Å². The Morgan fingerprint density at radius 3 is 2.50 bits per heavy atom. The van der Waals surface area contributed by atoms with Crippen LogP contribution in [0.5, 0.6) is 0 Å². The van der Waals surface area contributed by atoms with E-state index in [4.69, 9.17) is 11.6 Å². The van der Waals surface area contributed by atoms with Crippen LogP contribution in [0.1, 0.15) is 21.5 Å². The highest BCUT2D eigenvalue weighted by molar-refractivity contribution is 6.33. The standard InChI is InChI=1S/C15H13ClFNO2/c16-12-6-3-7-13(17)14(12)15(20)18-8-10-4-1-2-5-11(10)9-19/h1-7,19H,8-9H2,(H,18,20). The fraction of sp³-hybridized carbons (Fsp3) is 0.133. The van der Waals surface area contributed by atoms with Crippen LogP contribution >= 0.6 is 11.6 Å². The van der Waals surface area contributed by atoms with Gasteiger partial charge in [0.05, 0.1) is 17.2 Å². The first-order chi connectivity index (χ1) is 9.63. The molecule has 5 heteroatoms. The summed E-state index contributed by atoms with van der Waals surface area (Å²) in [4.78, 5) is 12.0. The maximum Gasteiger partial charge on any atom is 0.256 e. The molecule has 0 aliphatic heterocycles. The number of rotatable bonds is 4. The SMILES string of the molecule is O=C(NCc1ccccc1CO)c1c(F)cccc1Cl. The van der Waals surface area contributed by atoms with E-state index in [1.807, 2.05) is 0 Å². The third-order valence-corrected chi connectivity index (χ3v) is 3.23. The van der Waals surface area contributed by atoms with E-state index in [9.17, 15) is 14.3 Å². The third kappa shape index (κ3) is 3.15. The second kappa shape index (κ2) is 6.50. The van der Waals surface area contributed by atoms with Crippen molar-refractivity contribution in [2.45, 2.75) is 13.2 Å². The Bertz CT molecular complexity index is 611. The molecule has 0 saturated carbocycles. The van der Waals surface area contributed by atoms with E-state index in [-0.39, 0.29) is 23.7 Å². The largest absolute Gasteiger partial charge is 0.392 e. The average Bonchev–Trinajstić information content (AvgIpc) is 2.45. The fourth-order valence-electron chi connectivity index (χ4n) is 1.86. The minimum absolute atomic E-state index is 0.0675. The summed E-state index contributed by atoms with van der Waals surface area (Å²) in [5.41, 5.74) is 1.32. The van der Waals surface area contributed by atoms with Crippen molar-refractivity contribution in [1.82, 2.24) is 5.32 Å². The molecule has 1 amide bonds. The quantitative estimate of drug-likeness (QED) is 0.910. The van der Waals surface area contributed by atoms with Crippen LogP contribution in [0.15, 0.2) is 42.5 Å². The summed E-state index contributed by atoms with van der Waals surface area (Å²) in [5.74, 6) is -1.24. The van der Waals surface area contributed by atoms with E-state index >= 15 is 0 Å². The Morgan fingerprint density at radius 1 is 1.15 bits per heavy atom. The zero-order chi connectivity index (χ0) is 14.5. The van der Waals surface area contributed by atoms with Gasteiger partial charge in [0.25, 0.3) is 5.91 Å².